The van der Waals surface area contributed by atoms with Gasteiger partial charge in [0.15, 0.2) is 0 Å². The van der Waals surface area contributed by atoms with E-state index in [1.54, 1.807) is 0 Å². The molecule has 1 fully saturated rings. The largest absolute Gasteiger partial charge is 0.368 e. The van der Waals surface area contributed by atoms with E-state index in [1.807, 2.05) is 0 Å². The Morgan fingerprint density at radius 3 is 2.53 bits per heavy atom. The van der Waals surface area contributed by atoms with E-state index in [0.29, 0.717) is 17.8 Å². The lowest BCUT2D eigenvalue weighted by Crippen LogP contribution is -2.10. The van der Waals surface area contributed by atoms with Gasteiger partial charge in [-0.1, -0.05) is 26.7 Å². The number of nitrogen functional groups attached to an aromatic ring is 1. The number of rotatable bonds is 4. The molecule has 1 heterocycles. The van der Waals surface area contributed by atoms with Crippen LogP contribution in [0.2, 0.25) is 0 Å². The monoisotopic (exact) mass is 234 g/mol. The summed E-state index contributed by atoms with van der Waals surface area (Å²) in [5.41, 5.74) is 5.77. The average molecular weight is 234 g/mol. The first kappa shape index (κ1) is 12.3. The summed E-state index contributed by atoms with van der Waals surface area (Å²) in [6.45, 7) is 4.42. The number of nitrogens with zero attached hydrogens (tertiary/aromatic N) is 3. The molecule has 94 valence electrons. The zero-order chi connectivity index (χ0) is 12.3. The van der Waals surface area contributed by atoms with Crippen LogP contribution in [0.5, 0.6) is 0 Å². The second-order valence-corrected chi connectivity index (χ2v) is 5.38. The van der Waals surface area contributed by atoms with E-state index >= 15 is 0 Å². The van der Waals surface area contributed by atoms with Crippen LogP contribution < -0.4 is 5.73 Å². The van der Waals surface area contributed by atoms with E-state index in [2.05, 4.69) is 28.8 Å². The summed E-state index contributed by atoms with van der Waals surface area (Å²) in [5, 5.41) is 0. The Kier molecular flexibility index (Phi) is 3.92. The van der Waals surface area contributed by atoms with Gasteiger partial charge in [-0.05, 0) is 25.2 Å². The van der Waals surface area contributed by atoms with Crippen molar-refractivity contribution in [3.8, 4) is 0 Å². The zero-order valence-corrected chi connectivity index (χ0v) is 10.8. The summed E-state index contributed by atoms with van der Waals surface area (Å²) in [6, 6.07) is 0. The highest BCUT2D eigenvalue weighted by molar-refractivity contribution is 5.18. The maximum Gasteiger partial charge on any atom is 0.223 e. The Balaban J connectivity index is 2.11. The summed E-state index contributed by atoms with van der Waals surface area (Å²) >= 11 is 0. The maximum atomic E-state index is 5.77. The lowest BCUT2D eigenvalue weighted by atomic mass is 10.1. The van der Waals surface area contributed by atoms with Crippen LogP contribution in [0, 0.1) is 5.92 Å². The third-order valence-electron chi connectivity index (χ3n) is 3.38. The van der Waals surface area contributed by atoms with E-state index in [1.165, 1.54) is 25.7 Å². The van der Waals surface area contributed by atoms with Crippen molar-refractivity contribution in [2.45, 2.75) is 58.3 Å². The Bertz CT molecular complexity index is 370. The normalized spacial score (nSPS) is 16.9. The second kappa shape index (κ2) is 5.43. The third kappa shape index (κ3) is 3.38. The summed E-state index contributed by atoms with van der Waals surface area (Å²) in [5.74, 6) is 3.36. The highest BCUT2D eigenvalue weighted by Crippen LogP contribution is 2.32. The molecule has 1 saturated carbocycles. The molecule has 1 aliphatic carbocycles. The van der Waals surface area contributed by atoms with E-state index in [4.69, 9.17) is 5.73 Å². The van der Waals surface area contributed by atoms with E-state index in [9.17, 15) is 0 Å². The molecule has 0 atom stereocenters. The van der Waals surface area contributed by atoms with E-state index in [-0.39, 0.29) is 0 Å². The number of nitrogens with two attached hydrogens (primary N) is 1. The molecule has 0 saturated heterocycles. The van der Waals surface area contributed by atoms with Gasteiger partial charge in [-0.3, -0.25) is 0 Å². The molecule has 17 heavy (non-hydrogen) atoms. The van der Waals surface area contributed by atoms with Gasteiger partial charge in [-0.2, -0.15) is 9.97 Å². The zero-order valence-electron chi connectivity index (χ0n) is 10.8. The van der Waals surface area contributed by atoms with Crippen LogP contribution in [0.1, 0.15) is 63.5 Å². The molecule has 0 spiro atoms. The Labute approximate surface area is 103 Å². The number of hydrogen-bond acceptors (Lipinski definition) is 4. The van der Waals surface area contributed by atoms with Crippen molar-refractivity contribution < 1.29 is 0 Å². The first-order chi connectivity index (χ1) is 8.15. The first-order valence-corrected chi connectivity index (χ1v) is 6.65. The SMILES string of the molecule is CC(C)CCc1nc(N)nc(C2CCCC2)n1. The van der Waals surface area contributed by atoms with Crippen molar-refractivity contribution in [2.24, 2.45) is 5.92 Å². The quantitative estimate of drug-likeness (QED) is 0.870. The molecule has 0 aromatic carbocycles. The molecule has 0 aliphatic heterocycles. The molecule has 0 radical (unpaired) electrons. The van der Waals surface area contributed by atoms with E-state index in [0.717, 1.165) is 24.5 Å². The molecule has 1 aromatic rings. The summed E-state index contributed by atoms with van der Waals surface area (Å²) < 4.78 is 0. The van der Waals surface area contributed by atoms with Crippen LogP contribution in [-0.4, -0.2) is 15.0 Å². The van der Waals surface area contributed by atoms with Crippen molar-refractivity contribution in [1.29, 1.82) is 0 Å². The fourth-order valence-corrected chi connectivity index (χ4v) is 2.35. The molecule has 2 rings (SSSR count). The van der Waals surface area contributed by atoms with Crippen molar-refractivity contribution >= 4 is 5.95 Å². The predicted octanol–water partition coefficient (Wildman–Crippen LogP) is 2.70. The maximum absolute atomic E-state index is 5.77. The van der Waals surface area contributed by atoms with Gasteiger partial charge in [0.05, 0.1) is 0 Å². The molecule has 4 nitrogen and oxygen atoms in total. The Morgan fingerprint density at radius 1 is 1.18 bits per heavy atom. The van der Waals surface area contributed by atoms with Gasteiger partial charge in [0, 0.05) is 12.3 Å². The fourth-order valence-electron chi connectivity index (χ4n) is 2.35. The van der Waals surface area contributed by atoms with Gasteiger partial charge in [0.25, 0.3) is 0 Å². The molecular weight excluding hydrogens is 212 g/mol. The van der Waals surface area contributed by atoms with Gasteiger partial charge in [0.2, 0.25) is 5.95 Å². The predicted molar refractivity (Wildman–Crippen MR) is 68.6 cm³/mol. The molecule has 0 bridgehead atoms. The molecule has 1 aliphatic rings. The fraction of sp³-hybridized carbons (Fsp3) is 0.769. The molecule has 0 unspecified atom stereocenters. The van der Waals surface area contributed by atoms with Crippen LogP contribution in [0.4, 0.5) is 5.95 Å². The molecule has 0 amide bonds. The first-order valence-electron chi connectivity index (χ1n) is 6.65. The topological polar surface area (TPSA) is 64.7 Å². The molecule has 4 heteroatoms. The van der Waals surface area contributed by atoms with Crippen LogP contribution in [0.3, 0.4) is 0 Å². The number of aromatic nitrogens is 3. The molecule has 2 N–H and O–H groups in total. The summed E-state index contributed by atoms with van der Waals surface area (Å²) in [6.07, 6.45) is 6.99. The minimum atomic E-state index is 0.389. The van der Waals surface area contributed by atoms with Gasteiger partial charge >= 0.3 is 0 Å². The van der Waals surface area contributed by atoms with Gasteiger partial charge < -0.3 is 5.73 Å². The number of hydrogen-bond donors (Lipinski definition) is 1. The minimum Gasteiger partial charge on any atom is -0.368 e. The number of aryl methyl sites for hydroxylation is 1. The van der Waals surface area contributed by atoms with Gasteiger partial charge in [-0.15, -0.1) is 0 Å². The van der Waals surface area contributed by atoms with Crippen LogP contribution >= 0.6 is 0 Å². The van der Waals surface area contributed by atoms with Crippen molar-refractivity contribution in [3.63, 3.8) is 0 Å². The van der Waals surface area contributed by atoms with Crippen LogP contribution in [0.15, 0.2) is 0 Å². The van der Waals surface area contributed by atoms with Crippen molar-refractivity contribution in [1.82, 2.24) is 15.0 Å². The second-order valence-electron chi connectivity index (χ2n) is 5.38. The summed E-state index contributed by atoms with van der Waals surface area (Å²) in [7, 11) is 0. The minimum absolute atomic E-state index is 0.389. The van der Waals surface area contributed by atoms with Crippen molar-refractivity contribution in [2.75, 3.05) is 5.73 Å². The van der Waals surface area contributed by atoms with Gasteiger partial charge in [0.1, 0.15) is 11.6 Å². The van der Waals surface area contributed by atoms with Gasteiger partial charge in [-0.25, -0.2) is 4.98 Å². The lowest BCUT2D eigenvalue weighted by Gasteiger charge is -2.10. The van der Waals surface area contributed by atoms with Crippen LogP contribution in [-0.2, 0) is 6.42 Å². The highest BCUT2D eigenvalue weighted by atomic mass is 15.1. The Morgan fingerprint density at radius 2 is 1.88 bits per heavy atom. The average Bonchev–Trinajstić information content (AvgIpc) is 2.79. The lowest BCUT2D eigenvalue weighted by molar-refractivity contribution is 0.566. The summed E-state index contributed by atoms with van der Waals surface area (Å²) in [4.78, 5) is 13.1. The van der Waals surface area contributed by atoms with Crippen molar-refractivity contribution in [3.05, 3.63) is 11.6 Å². The molecule has 1 aromatic heterocycles. The van der Waals surface area contributed by atoms with E-state index < -0.39 is 0 Å². The molecular formula is C13H22N4. The third-order valence-corrected chi connectivity index (χ3v) is 3.38. The van der Waals surface area contributed by atoms with Crippen LogP contribution in [0.25, 0.3) is 0 Å². The Hall–Kier alpha value is -1.19. The number of anilines is 1. The highest BCUT2D eigenvalue weighted by Gasteiger charge is 2.20. The standard InChI is InChI=1S/C13H22N4/c1-9(2)7-8-11-15-12(17-13(14)16-11)10-5-3-4-6-10/h9-10H,3-8H2,1-2H3,(H2,14,15,16,17). The smallest absolute Gasteiger partial charge is 0.223 e.